The van der Waals surface area contributed by atoms with Crippen LogP contribution in [0.3, 0.4) is 0 Å². The number of aliphatic hydroxyl groups is 1. The predicted molar refractivity (Wildman–Crippen MR) is 130 cm³/mol. The number of hydrogen-bond donors (Lipinski definition) is 2. The summed E-state index contributed by atoms with van der Waals surface area (Å²) in [5.74, 6) is 0.361. The molecule has 10 heteroatoms. The number of hydrogen-bond acceptors (Lipinski definition) is 6. The molecule has 1 heterocycles. The molecular weight excluding hydrogens is 473 g/mol. The van der Waals surface area contributed by atoms with Gasteiger partial charge in [-0.2, -0.15) is 13.2 Å². The number of rotatable bonds is 4. The van der Waals surface area contributed by atoms with E-state index in [-0.39, 0.29) is 11.5 Å². The molecule has 0 aliphatic heterocycles. The molecule has 4 rings (SSSR count). The first-order valence-corrected chi connectivity index (χ1v) is 11.5. The van der Waals surface area contributed by atoms with E-state index in [1.165, 1.54) is 24.5 Å². The summed E-state index contributed by atoms with van der Waals surface area (Å²) in [6.07, 6.45) is -2.77. The molecule has 1 aliphatic rings. The van der Waals surface area contributed by atoms with Crippen LogP contribution in [0, 0.1) is 0 Å². The monoisotopic (exact) mass is 500 g/mol. The van der Waals surface area contributed by atoms with E-state index < -0.39 is 29.5 Å². The maximum absolute atomic E-state index is 13.4. The van der Waals surface area contributed by atoms with Gasteiger partial charge in [-0.3, -0.25) is 0 Å². The minimum Gasteiger partial charge on any atom is -0.443 e. The summed E-state index contributed by atoms with van der Waals surface area (Å²) in [6, 6.07) is 11.6. The van der Waals surface area contributed by atoms with E-state index >= 15 is 0 Å². The van der Waals surface area contributed by atoms with Crippen molar-refractivity contribution in [2.45, 2.75) is 57.9 Å². The van der Waals surface area contributed by atoms with Crippen LogP contribution in [0.5, 0.6) is 0 Å². The van der Waals surface area contributed by atoms with Crippen LogP contribution in [0.15, 0.2) is 54.9 Å². The van der Waals surface area contributed by atoms with Crippen molar-refractivity contribution in [1.82, 2.24) is 9.97 Å². The van der Waals surface area contributed by atoms with E-state index in [0.717, 1.165) is 40.3 Å². The Morgan fingerprint density at radius 1 is 1.11 bits per heavy atom. The van der Waals surface area contributed by atoms with Crippen molar-refractivity contribution in [3.8, 4) is 0 Å². The Balaban J connectivity index is 1.72. The maximum atomic E-state index is 13.4. The molecule has 0 saturated heterocycles. The van der Waals surface area contributed by atoms with E-state index in [2.05, 4.69) is 15.3 Å². The SMILES string of the molecule is CC(C)(C)OC(=O)N(c1cccc(C(F)(F)F)c1)c1cc(Nc2cccc3c2CC(O)CC3)ncn1. The molecule has 1 aromatic heterocycles. The lowest BCUT2D eigenvalue weighted by atomic mass is 9.88. The molecule has 3 aromatic rings. The molecule has 0 saturated carbocycles. The number of benzene rings is 2. The number of fused-ring (bicyclic) bond motifs is 1. The standard InChI is InChI=1S/C26H27F3N4O3/c1-25(2,3)36-24(35)33(18-8-5-7-17(12-18)26(27,28)29)23-14-22(30-15-31-23)32-21-9-4-6-16-10-11-19(34)13-20(16)21/h4-9,12,14-15,19,34H,10-11,13H2,1-3H3,(H,30,31,32). The summed E-state index contributed by atoms with van der Waals surface area (Å²) in [6.45, 7) is 4.99. The number of halogens is 3. The first-order chi connectivity index (χ1) is 16.9. The normalized spacial score (nSPS) is 15.7. The number of carbonyl (C=O) groups excluding carboxylic acids is 1. The number of anilines is 4. The Bertz CT molecular complexity index is 1260. The number of aromatic nitrogens is 2. The first kappa shape index (κ1) is 25.4. The van der Waals surface area contributed by atoms with Gasteiger partial charge in [0.2, 0.25) is 0 Å². The van der Waals surface area contributed by atoms with Crippen LogP contribution in [0.1, 0.15) is 43.9 Å². The first-order valence-electron chi connectivity index (χ1n) is 11.5. The second-order valence-corrected chi connectivity index (χ2v) is 9.59. The number of alkyl halides is 3. The lowest BCUT2D eigenvalue weighted by Crippen LogP contribution is -2.34. The van der Waals surface area contributed by atoms with Gasteiger partial charge in [-0.05, 0) is 69.0 Å². The Kier molecular flexibility index (Phi) is 6.90. The van der Waals surface area contributed by atoms with Crippen LogP contribution in [-0.4, -0.2) is 32.9 Å². The zero-order valence-electron chi connectivity index (χ0n) is 20.1. The Morgan fingerprint density at radius 2 is 1.86 bits per heavy atom. The van der Waals surface area contributed by atoms with Gasteiger partial charge in [0.05, 0.1) is 17.4 Å². The lowest BCUT2D eigenvalue weighted by Gasteiger charge is -2.27. The quantitative estimate of drug-likeness (QED) is 0.446. The minimum absolute atomic E-state index is 0.0332. The maximum Gasteiger partial charge on any atom is 0.420 e. The molecule has 36 heavy (non-hydrogen) atoms. The van der Waals surface area contributed by atoms with Crippen molar-refractivity contribution in [2.24, 2.45) is 0 Å². The highest BCUT2D eigenvalue weighted by atomic mass is 19.4. The van der Waals surface area contributed by atoms with Crippen molar-refractivity contribution < 1.29 is 27.8 Å². The molecular formula is C26H27F3N4O3. The van der Waals surface area contributed by atoms with E-state index in [1.807, 2.05) is 18.2 Å². The molecule has 0 spiro atoms. The fourth-order valence-electron chi connectivity index (χ4n) is 4.02. The third kappa shape index (κ3) is 5.93. The summed E-state index contributed by atoms with van der Waals surface area (Å²) >= 11 is 0. The number of amides is 1. The van der Waals surface area contributed by atoms with Gasteiger partial charge in [-0.25, -0.2) is 19.7 Å². The molecule has 190 valence electrons. The molecule has 1 amide bonds. The highest BCUT2D eigenvalue weighted by molar-refractivity contribution is 5.95. The van der Waals surface area contributed by atoms with Gasteiger partial charge in [-0.1, -0.05) is 18.2 Å². The van der Waals surface area contributed by atoms with Crippen molar-refractivity contribution in [3.05, 3.63) is 71.5 Å². The zero-order valence-corrected chi connectivity index (χ0v) is 20.1. The average molecular weight is 501 g/mol. The number of nitrogens with one attached hydrogen (secondary N) is 1. The molecule has 2 N–H and O–H groups in total. The third-order valence-corrected chi connectivity index (χ3v) is 5.61. The predicted octanol–water partition coefficient (Wildman–Crippen LogP) is 6.16. The van der Waals surface area contributed by atoms with Crippen LogP contribution in [-0.2, 0) is 23.8 Å². The van der Waals surface area contributed by atoms with Gasteiger partial charge >= 0.3 is 12.3 Å². The topological polar surface area (TPSA) is 87.6 Å². The molecule has 0 fully saturated rings. The van der Waals surface area contributed by atoms with E-state index in [4.69, 9.17) is 4.74 Å². The highest BCUT2D eigenvalue weighted by Crippen LogP contribution is 2.35. The second-order valence-electron chi connectivity index (χ2n) is 9.59. The van der Waals surface area contributed by atoms with Crippen LogP contribution >= 0.6 is 0 Å². The summed E-state index contributed by atoms with van der Waals surface area (Å²) in [5.41, 5.74) is 0.991. The second kappa shape index (κ2) is 9.77. The highest BCUT2D eigenvalue weighted by Gasteiger charge is 2.33. The van der Waals surface area contributed by atoms with Crippen LogP contribution in [0.4, 0.5) is 41.0 Å². The number of ether oxygens (including phenoxy) is 1. The number of aryl methyl sites for hydroxylation is 1. The van der Waals surface area contributed by atoms with Crippen LogP contribution < -0.4 is 10.2 Å². The van der Waals surface area contributed by atoms with Gasteiger partial charge in [0.15, 0.2) is 0 Å². The van der Waals surface area contributed by atoms with E-state index in [9.17, 15) is 23.1 Å². The Labute approximate surface area is 207 Å². The summed E-state index contributed by atoms with van der Waals surface area (Å²) < 4.78 is 45.6. The molecule has 1 unspecified atom stereocenters. The molecule has 1 aliphatic carbocycles. The van der Waals surface area contributed by atoms with E-state index in [1.54, 1.807) is 20.8 Å². The van der Waals surface area contributed by atoms with Crippen LogP contribution in [0.25, 0.3) is 0 Å². The fourth-order valence-corrected chi connectivity index (χ4v) is 4.02. The fraction of sp³-hybridized carbons (Fsp3) is 0.346. The van der Waals surface area contributed by atoms with Crippen molar-refractivity contribution in [1.29, 1.82) is 0 Å². The van der Waals surface area contributed by atoms with E-state index in [0.29, 0.717) is 18.7 Å². The van der Waals surface area contributed by atoms with Crippen LogP contribution in [0.2, 0.25) is 0 Å². The Morgan fingerprint density at radius 3 is 2.58 bits per heavy atom. The molecule has 0 bridgehead atoms. The smallest absolute Gasteiger partial charge is 0.420 e. The van der Waals surface area contributed by atoms with Gasteiger partial charge < -0.3 is 15.2 Å². The third-order valence-electron chi connectivity index (χ3n) is 5.61. The number of nitrogens with zero attached hydrogens (tertiary/aromatic N) is 3. The Hall–Kier alpha value is -3.66. The summed E-state index contributed by atoms with van der Waals surface area (Å²) in [7, 11) is 0. The molecule has 2 aromatic carbocycles. The van der Waals surface area contributed by atoms with Gasteiger partial charge in [0, 0.05) is 18.2 Å². The van der Waals surface area contributed by atoms with Crippen molar-refractivity contribution >= 4 is 29.1 Å². The van der Waals surface area contributed by atoms with Gasteiger partial charge in [0.1, 0.15) is 23.6 Å². The van der Waals surface area contributed by atoms with Crippen molar-refractivity contribution in [3.63, 3.8) is 0 Å². The summed E-state index contributed by atoms with van der Waals surface area (Å²) in [4.78, 5) is 22.5. The largest absolute Gasteiger partial charge is 0.443 e. The van der Waals surface area contributed by atoms with Crippen molar-refractivity contribution in [2.75, 3.05) is 10.2 Å². The van der Waals surface area contributed by atoms with Gasteiger partial charge in [0.25, 0.3) is 0 Å². The number of aliphatic hydroxyl groups excluding tert-OH is 1. The minimum atomic E-state index is -4.59. The molecule has 1 atom stereocenters. The molecule has 0 radical (unpaired) electrons. The number of carbonyl (C=O) groups is 1. The summed E-state index contributed by atoms with van der Waals surface area (Å²) in [5, 5.41) is 13.3. The molecule has 7 nitrogen and oxygen atoms in total. The zero-order chi connectivity index (χ0) is 26.1. The lowest BCUT2D eigenvalue weighted by molar-refractivity contribution is -0.137. The van der Waals surface area contributed by atoms with Gasteiger partial charge in [-0.15, -0.1) is 0 Å². The average Bonchev–Trinajstić information content (AvgIpc) is 2.78.